The number of aryl methyl sites for hydroxylation is 2. The maximum Gasteiger partial charge on any atom is 0.138 e. The number of rotatable bonds is 4. The Labute approximate surface area is 106 Å². The van der Waals surface area contributed by atoms with Crippen LogP contribution in [0.1, 0.15) is 22.6 Å². The van der Waals surface area contributed by atoms with Gasteiger partial charge in [0.05, 0.1) is 5.69 Å². The van der Waals surface area contributed by atoms with Gasteiger partial charge < -0.3 is 9.84 Å². The zero-order chi connectivity index (χ0) is 12.3. The predicted molar refractivity (Wildman–Crippen MR) is 68.0 cm³/mol. The second-order valence-electron chi connectivity index (χ2n) is 4.04. The van der Waals surface area contributed by atoms with Crippen LogP contribution in [0.5, 0.6) is 0 Å². The molecule has 0 aliphatic rings. The van der Waals surface area contributed by atoms with Crippen LogP contribution in [0, 0.1) is 13.8 Å². The molecule has 3 nitrogen and oxygen atoms in total. The van der Waals surface area contributed by atoms with Crippen molar-refractivity contribution < 1.29 is 4.52 Å². The molecule has 1 aromatic heterocycles. The van der Waals surface area contributed by atoms with Crippen LogP contribution in [0.4, 0.5) is 0 Å². The van der Waals surface area contributed by atoms with Crippen molar-refractivity contribution in [3.8, 4) is 0 Å². The molecule has 0 fully saturated rings. The molecule has 0 radical (unpaired) electrons. The molecule has 1 aromatic carbocycles. The molecular formula is C13H15ClN2O. The molecule has 90 valence electrons. The van der Waals surface area contributed by atoms with Crippen LogP contribution in [0.15, 0.2) is 28.8 Å². The normalized spacial score (nSPS) is 10.8. The molecule has 2 aromatic rings. The first kappa shape index (κ1) is 12.1. The van der Waals surface area contributed by atoms with E-state index in [0.717, 1.165) is 35.1 Å². The quantitative estimate of drug-likeness (QED) is 0.905. The lowest BCUT2D eigenvalue weighted by atomic mass is 10.2. The monoisotopic (exact) mass is 250 g/mol. The van der Waals surface area contributed by atoms with E-state index in [-0.39, 0.29) is 0 Å². The molecule has 0 unspecified atom stereocenters. The predicted octanol–water partition coefficient (Wildman–Crippen LogP) is 3.23. The highest BCUT2D eigenvalue weighted by molar-refractivity contribution is 6.30. The van der Waals surface area contributed by atoms with Crippen molar-refractivity contribution in [1.82, 2.24) is 10.5 Å². The number of hydrogen-bond acceptors (Lipinski definition) is 3. The Balaban J connectivity index is 1.92. The molecule has 0 aliphatic carbocycles. The number of halogens is 1. The zero-order valence-electron chi connectivity index (χ0n) is 9.96. The van der Waals surface area contributed by atoms with Gasteiger partial charge in [-0.1, -0.05) is 28.9 Å². The van der Waals surface area contributed by atoms with Crippen molar-refractivity contribution >= 4 is 11.6 Å². The Morgan fingerprint density at radius 2 is 2.12 bits per heavy atom. The minimum absolute atomic E-state index is 0.758. The van der Waals surface area contributed by atoms with Gasteiger partial charge in [-0.25, -0.2) is 0 Å². The van der Waals surface area contributed by atoms with Crippen molar-refractivity contribution in [2.45, 2.75) is 26.9 Å². The van der Waals surface area contributed by atoms with Gasteiger partial charge in [0.1, 0.15) is 5.76 Å². The van der Waals surface area contributed by atoms with Crippen LogP contribution in [0.2, 0.25) is 5.02 Å². The van der Waals surface area contributed by atoms with E-state index >= 15 is 0 Å². The third-order valence-corrected chi connectivity index (χ3v) is 2.94. The fourth-order valence-corrected chi connectivity index (χ4v) is 1.95. The maximum absolute atomic E-state index is 5.92. The Morgan fingerprint density at radius 1 is 1.29 bits per heavy atom. The SMILES string of the molecule is Cc1noc(C)c1CNCc1cccc(Cl)c1. The summed E-state index contributed by atoms with van der Waals surface area (Å²) in [6, 6.07) is 7.84. The largest absolute Gasteiger partial charge is 0.361 e. The van der Waals surface area contributed by atoms with E-state index in [1.54, 1.807) is 0 Å². The fourth-order valence-electron chi connectivity index (χ4n) is 1.73. The minimum Gasteiger partial charge on any atom is -0.361 e. The van der Waals surface area contributed by atoms with Crippen molar-refractivity contribution in [1.29, 1.82) is 0 Å². The van der Waals surface area contributed by atoms with Gasteiger partial charge in [0.2, 0.25) is 0 Å². The Bertz CT molecular complexity index is 488. The van der Waals surface area contributed by atoms with Crippen LogP contribution in [0.3, 0.4) is 0 Å². The van der Waals surface area contributed by atoms with E-state index in [1.807, 2.05) is 38.1 Å². The molecule has 17 heavy (non-hydrogen) atoms. The molecule has 0 aliphatic heterocycles. The van der Waals surface area contributed by atoms with E-state index in [9.17, 15) is 0 Å². The van der Waals surface area contributed by atoms with Gasteiger partial charge >= 0.3 is 0 Å². The summed E-state index contributed by atoms with van der Waals surface area (Å²) in [5.74, 6) is 0.876. The molecule has 0 amide bonds. The van der Waals surface area contributed by atoms with Gasteiger partial charge in [0.15, 0.2) is 0 Å². The summed E-state index contributed by atoms with van der Waals surface area (Å²) in [7, 11) is 0. The van der Waals surface area contributed by atoms with Gasteiger partial charge in [-0.2, -0.15) is 0 Å². The molecule has 0 spiro atoms. The lowest BCUT2D eigenvalue weighted by Gasteiger charge is -2.04. The number of hydrogen-bond donors (Lipinski definition) is 1. The molecular weight excluding hydrogens is 236 g/mol. The summed E-state index contributed by atoms with van der Waals surface area (Å²) in [6.45, 7) is 5.42. The third-order valence-electron chi connectivity index (χ3n) is 2.70. The summed E-state index contributed by atoms with van der Waals surface area (Å²) >= 11 is 5.92. The first-order chi connectivity index (χ1) is 8.16. The van der Waals surface area contributed by atoms with E-state index in [4.69, 9.17) is 16.1 Å². The lowest BCUT2D eigenvalue weighted by Crippen LogP contribution is -2.13. The molecule has 1 N–H and O–H groups in total. The first-order valence-corrected chi connectivity index (χ1v) is 5.91. The summed E-state index contributed by atoms with van der Waals surface area (Å²) in [5.41, 5.74) is 3.25. The molecule has 0 atom stereocenters. The van der Waals surface area contributed by atoms with Crippen LogP contribution >= 0.6 is 11.6 Å². The number of nitrogens with zero attached hydrogens (tertiary/aromatic N) is 1. The van der Waals surface area contributed by atoms with Crippen molar-refractivity contribution in [2.24, 2.45) is 0 Å². The van der Waals surface area contributed by atoms with Crippen molar-refractivity contribution in [3.05, 3.63) is 51.9 Å². The standard InChI is InChI=1S/C13H15ClN2O/c1-9-13(10(2)17-16-9)8-15-7-11-4-3-5-12(14)6-11/h3-6,15H,7-8H2,1-2H3. The summed E-state index contributed by atoms with van der Waals surface area (Å²) in [6.07, 6.45) is 0. The van der Waals surface area contributed by atoms with Crippen LogP contribution in [-0.2, 0) is 13.1 Å². The van der Waals surface area contributed by atoms with Gasteiger partial charge in [0, 0.05) is 23.7 Å². The average molecular weight is 251 g/mol. The lowest BCUT2D eigenvalue weighted by molar-refractivity contribution is 0.392. The molecule has 0 saturated carbocycles. The Kier molecular flexibility index (Phi) is 3.82. The molecule has 0 saturated heterocycles. The number of benzene rings is 1. The van der Waals surface area contributed by atoms with Gasteiger partial charge in [0.25, 0.3) is 0 Å². The minimum atomic E-state index is 0.758. The third kappa shape index (κ3) is 3.08. The molecule has 4 heteroatoms. The second-order valence-corrected chi connectivity index (χ2v) is 4.47. The number of nitrogens with one attached hydrogen (secondary N) is 1. The smallest absolute Gasteiger partial charge is 0.138 e. The van der Waals surface area contributed by atoms with Crippen molar-refractivity contribution in [2.75, 3.05) is 0 Å². The molecule has 2 rings (SSSR count). The maximum atomic E-state index is 5.92. The van der Waals surface area contributed by atoms with E-state index in [2.05, 4.69) is 10.5 Å². The molecule has 0 bridgehead atoms. The first-order valence-electron chi connectivity index (χ1n) is 5.53. The fraction of sp³-hybridized carbons (Fsp3) is 0.308. The van der Waals surface area contributed by atoms with E-state index in [1.165, 1.54) is 5.56 Å². The molecule has 1 heterocycles. The van der Waals surface area contributed by atoms with Crippen LogP contribution in [-0.4, -0.2) is 5.16 Å². The topological polar surface area (TPSA) is 38.1 Å². The van der Waals surface area contributed by atoms with Gasteiger partial charge in [-0.3, -0.25) is 0 Å². The summed E-state index contributed by atoms with van der Waals surface area (Å²) < 4.78 is 5.11. The van der Waals surface area contributed by atoms with Gasteiger partial charge in [-0.15, -0.1) is 0 Å². The van der Waals surface area contributed by atoms with Gasteiger partial charge in [-0.05, 0) is 31.5 Å². The van der Waals surface area contributed by atoms with Crippen LogP contribution < -0.4 is 5.32 Å². The summed E-state index contributed by atoms with van der Waals surface area (Å²) in [5, 5.41) is 8.04. The second kappa shape index (κ2) is 5.34. The van der Waals surface area contributed by atoms with E-state index in [0.29, 0.717) is 0 Å². The Hall–Kier alpha value is -1.32. The number of aromatic nitrogens is 1. The zero-order valence-corrected chi connectivity index (χ0v) is 10.7. The highest BCUT2D eigenvalue weighted by Crippen LogP contribution is 2.13. The Morgan fingerprint density at radius 3 is 2.76 bits per heavy atom. The average Bonchev–Trinajstić information content (AvgIpc) is 2.61. The van der Waals surface area contributed by atoms with Crippen molar-refractivity contribution in [3.63, 3.8) is 0 Å². The van der Waals surface area contributed by atoms with Crippen LogP contribution in [0.25, 0.3) is 0 Å². The highest BCUT2D eigenvalue weighted by atomic mass is 35.5. The van der Waals surface area contributed by atoms with E-state index < -0.39 is 0 Å². The highest BCUT2D eigenvalue weighted by Gasteiger charge is 2.07. The summed E-state index contributed by atoms with van der Waals surface area (Å²) in [4.78, 5) is 0.